The molecule has 0 unspecified atom stereocenters. The van der Waals surface area contributed by atoms with Gasteiger partial charge in [0.05, 0.1) is 6.61 Å². The quantitative estimate of drug-likeness (QED) is 0.455. The molecule has 0 aliphatic rings. The highest BCUT2D eigenvalue weighted by Crippen LogP contribution is 2.15. The van der Waals surface area contributed by atoms with Gasteiger partial charge < -0.3 is 10.1 Å². The minimum atomic E-state index is -0.403. The topological polar surface area (TPSA) is 62.1 Å². The Kier molecular flexibility index (Phi) is 7.49. The second-order valence-corrected chi connectivity index (χ2v) is 5.27. The van der Waals surface area contributed by atoms with E-state index in [0.717, 1.165) is 17.7 Å². The molecule has 1 amide bonds. The molecule has 0 saturated carbocycles. The lowest BCUT2D eigenvalue weighted by atomic mass is 10.1. The summed E-state index contributed by atoms with van der Waals surface area (Å²) in [6.07, 6.45) is 4.12. The highest BCUT2D eigenvalue weighted by Gasteiger charge is 2.07. The van der Waals surface area contributed by atoms with Crippen molar-refractivity contribution in [2.45, 2.75) is 20.3 Å². The van der Waals surface area contributed by atoms with Crippen LogP contribution in [0.3, 0.4) is 0 Å². The molecule has 0 aromatic heterocycles. The van der Waals surface area contributed by atoms with Crippen molar-refractivity contribution in [2.24, 2.45) is 5.92 Å². The first kappa shape index (κ1) is 17.5. The number of hydrogen-bond donors (Lipinski definition) is 1. The van der Waals surface area contributed by atoms with Crippen LogP contribution in [0.1, 0.15) is 25.8 Å². The van der Waals surface area contributed by atoms with Crippen LogP contribution in [0.2, 0.25) is 0 Å². The molecule has 0 heterocycles. The summed E-state index contributed by atoms with van der Waals surface area (Å²) < 4.78 is 5.63. The van der Waals surface area contributed by atoms with E-state index in [9.17, 15) is 4.79 Å². The van der Waals surface area contributed by atoms with Gasteiger partial charge in [-0.15, -0.1) is 6.58 Å². The van der Waals surface area contributed by atoms with Crippen LogP contribution in [0, 0.1) is 17.2 Å². The van der Waals surface area contributed by atoms with Gasteiger partial charge in [0, 0.05) is 6.54 Å². The van der Waals surface area contributed by atoms with Crippen molar-refractivity contribution in [3.05, 3.63) is 48.1 Å². The Bertz CT molecular complexity index is 566. The van der Waals surface area contributed by atoms with Crippen molar-refractivity contribution in [3.63, 3.8) is 0 Å². The number of hydrogen-bond acceptors (Lipinski definition) is 3. The van der Waals surface area contributed by atoms with Crippen molar-refractivity contribution in [3.8, 4) is 11.8 Å². The van der Waals surface area contributed by atoms with Crippen molar-refractivity contribution < 1.29 is 9.53 Å². The van der Waals surface area contributed by atoms with E-state index in [-0.39, 0.29) is 5.57 Å². The number of nitrogens with zero attached hydrogens (tertiary/aromatic N) is 1. The predicted octanol–water partition coefficient (Wildman–Crippen LogP) is 3.32. The SMILES string of the molecule is C=CCNC(=O)C(C#N)=Cc1ccc(OCCC(C)C)cc1. The molecule has 0 aliphatic heterocycles. The molecule has 0 fully saturated rings. The van der Waals surface area contributed by atoms with Gasteiger partial charge in [-0.3, -0.25) is 4.79 Å². The number of nitriles is 1. The summed E-state index contributed by atoms with van der Waals surface area (Å²) in [5.41, 5.74) is 0.844. The van der Waals surface area contributed by atoms with E-state index in [1.165, 1.54) is 0 Å². The first-order chi connectivity index (χ1) is 10.6. The van der Waals surface area contributed by atoms with Gasteiger partial charge in [0.1, 0.15) is 17.4 Å². The number of benzene rings is 1. The lowest BCUT2D eigenvalue weighted by molar-refractivity contribution is -0.116. The number of ether oxygens (including phenoxy) is 1. The fraction of sp³-hybridized carbons (Fsp3) is 0.333. The summed E-state index contributed by atoms with van der Waals surface area (Å²) in [7, 11) is 0. The van der Waals surface area contributed by atoms with E-state index in [2.05, 4.69) is 25.7 Å². The Labute approximate surface area is 132 Å². The van der Waals surface area contributed by atoms with E-state index >= 15 is 0 Å². The van der Waals surface area contributed by atoms with Gasteiger partial charge in [0.2, 0.25) is 0 Å². The van der Waals surface area contributed by atoms with Crippen LogP contribution in [0.25, 0.3) is 6.08 Å². The van der Waals surface area contributed by atoms with E-state index < -0.39 is 5.91 Å². The Morgan fingerprint density at radius 3 is 2.64 bits per heavy atom. The van der Waals surface area contributed by atoms with Crippen LogP contribution in [0.15, 0.2) is 42.5 Å². The van der Waals surface area contributed by atoms with E-state index in [4.69, 9.17) is 10.00 Å². The molecule has 0 saturated heterocycles. The molecular weight excluding hydrogens is 276 g/mol. The second-order valence-electron chi connectivity index (χ2n) is 5.27. The minimum Gasteiger partial charge on any atom is -0.494 e. The number of nitrogens with one attached hydrogen (secondary N) is 1. The van der Waals surface area contributed by atoms with E-state index in [1.807, 2.05) is 30.3 Å². The molecule has 0 atom stereocenters. The molecule has 1 aromatic carbocycles. The van der Waals surface area contributed by atoms with Crippen LogP contribution in [0.5, 0.6) is 5.75 Å². The molecule has 1 N–H and O–H groups in total. The van der Waals surface area contributed by atoms with Gasteiger partial charge in [0.15, 0.2) is 0 Å². The molecule has 1 rings (SSSR count). The molecule has 0 radical (unpaired) electrons. The summed E-state index contributed by atoms with van der Waals surface area (Å²) >= 11 is 0. The molecule has 4 nitrogen and oxygen atoms in total. The normalized spacial score (nSPS) is 10.9. The third-order valence-electron chi connectivity index (χ3n) is 2.93. The maximum absolute atomic E-state index is 11.7. The highest BCUT2D eigenvalue weighted by molar-refractivity contribution is 6.01. The Hall–Kier alpha value is -2.54. The van der Waals surface area contributed by atoms with Gasteiger partial charge in [-0.1, -0.05) is 32.1 Å². The lowest BCUT2D eigenvalue weighted by Gasteiger charge is -2.08. The van der Waals surface area contributed by atoms with Gasteiger partial charge >= 0.3 is 0 Å². The monoisotopic (exact) mass is 298 g/mol. The van der Waals surface area contributed by atoms with Crippen LogP contribution in [-0.4, -0.2) is 19.1 Å². The van der Waals surface area contributed by atoms with Crippen molar-refractivity contribution in [1.29, 1.82) is 5.26 Å². The first-order valence-corrected chi connectivity index (χ1v) is 7.30. The fourth-order valence-corrected chi connectivity index (χ4v) is 1.65. The van der Waals surface area contributed by atoms with E-state index in [1.54, 1.807) is 12.2 Å². The standard InChI is InChI=1S/C18H22N2O2/c1-4-10-20-18(21)16(13-19)12-15-5-7-17(8-6-15)22-11-9-14(2)3/h4-8,12,14H,1,9-11H2,2-3H3,(H,20,21). The lowest BCUT2D eigenvalue weighted by Crippen LogP contribution is -2.24. The number of amides is 1. The van der Waals surface area contributed by atoms with Gasteiger partial charge in [0.25, 0.3) is 5.91 Å². The largest absolute Gasteiger partial charge is 0.494 e. The van der Waals surface area contributed by atoms with E-state index in [0.29, 0.717) is 19.1 Å². The van der Waals surface area contributed by atoms with Crippen LogP contribution in [-0.2, 0) is 4.79 Å². The van der Waals surface area contributed by atoms with Crippen LogP contribution in [0.4, 0.5) is 0 Å². The molecular formula is C18H22N2O2. The molecule has 116 valence electrons. The summed E-state index contributed by atoms with van der Waals surface area (Å²) in [4.78, 5) is 11.7. The Balaban J connectivity index is 2.68. The Morgan fingerprint density at radius 1 is 1.41 bits per heavy atom. The smallest absolute Gasteiger partial charge is 0.262 e. The molecule has 0 bridgehead atoms. The zero-order valence-corrected chi connectivity index (χ0v) is 13.1. The number of carbonyl (C=O) groups is 1. The molecule has 0 aliphatic carbocycles. The van der Waals surface area contributed by atoms with Gasteiger partial charge in [-0.05, 0) is 36.1 Å². The average molecular weight is 298 g/mol. The second kappa shape index (κ2) is 9.41. The summed E-state index contributed by atoms with van der Waals surface area (Å²) in [5.74, 6) is 0.988. The summed E-state index contributed by atoms with van der Waals surface area (Å²) in [6, 6.07) is 9.22. The Morgan fingerprint density at radius 2 is 2.09 bits per heavy atom. The molecule has 4 heteroatoms. The van der Waals surface area contributed by atoms with Gasteiger partial charge in [-0.25, -0.2) is 0 Å². The molecule has 0 spiro atoms. The van der Waals surface area contributed by atoms with Crippen LogP contribution >= 0.6 is 0 Å². The molecule has 1 aromatic rings. The summed E-state index contributed by atoms with van der Waals surface area (Å²) in [5, 5.41) is 11.6. The zero-order chi connectivity index (χ0) is 16.4. The van der Waals surface area contributed by atoms with Crippen LogP contribution < -0.4 is 10.1 Å². The van der Waals surface area contributed by atoms with Crippen molar-refractivity contribution in [1.82, 2.24) is 5.32 Å². The third-order valence-corrected chi connectivity index (χ3v) is 2.93. The number of carbonyl (C=O) groups excluding carboxylic acids is 1. The molecule has 22 heavy (non-hydrogen) atoms. The maximum Gasteiger partial charge on any atom is 0.262 e. The van der Waals surface area contributed by atoms with Gasteiger partial charge in [-0.2, -0.15) is 5.26 Å². The maximum atomic E-state index is 11.7. The zero-order valence-electron chi connectivity index (χ0n) is 13.1. The predicted molar refractivity (Wildman–Crippen MR) is 88.2 cm³/mol. The number of rotatable bonds is 8. The van der Waals surface area contributed by atoms with Crippen molar-refractivity contribution in [2.75, 3.05) is 13.2 Å². The highest BCUT2D eigenvalue weighted by atomic mass is 16.5. The average Bonchev–Trinajstić information content (AvgIpc) is 2.51. The first-order valence-electron chi connectivity index (χ1n) is 7.30. The fourth-order valence-electron chi connectivity index (χ4n) is 1.65. The third kappa shape index (κ3) is 6.27. The minimum absolute atomic E-state index is 0.0651. The summed E-state index contributed by atoms with van der Waals surface area (Å²) in [6.45, 7) is 8.83. The van der Waals surface area contributed by atoms with Crippen molar-refractivity contribution >= 4 is 12.0 Å².